The molecule has 156 valence electrons. The molecule has 2 aromatic carbocycles. The first-order valence-corrected chi connectivity index (χ1v) is 11.2. The van der Waals surface area contributed by atoms with Crippen LogP contribution in [-0.4, -0.2) is 54.9 Å². The molecule has 0 radical (unpaired) electrons. The van der Waals surface area contributed by atoms with Crippen molar-refractivity contribution in [3.63, 3.8) is 0 Å². The lowest BCUT2D eigenvalue weighted by Crippen LogP contribution is -2.41. The summed E-state index contributed by atoms with van der Waals surface area (Å²) in [5, 5.41) is 0. The number of likely N-dealkylation sites (tertiary alicyclic amines) is 1. The number of Topliss-reactive ketones (excluding diaryl/α,β-unsaturated/α-hetero) is 1. The number of piperidine rings is 1. The number of thioether (sulfide) groups is 1. The Kier molecular flexibility index (Phi) is 8.48. The van der Waals surface area contributed by atoms with Gasteiger partial charge in [-0.3, -0.25) is 9.59 Å². The average molecular weight is 422 g/mol. The van der Waals surface area contributed by atoms with Gasteiger partial charge >= 0.3 is 0 Å². The predicted molar refractivity (Wildman–Crippen MR) is 124 cm³/mol. The Morgan fingerprint density at radius 1 is 0.933 bits per heavy atom. The van der Waals surface area contributed by atoms with Crippen molar-refractivity contribution in [3.8, 4) is 0 Å². The zero-order valence-electron chi connectivity index (χ0n) is 17.3. The van der Waals surface area contributed by atoms with E-state index >= 15 is 0 Å². The molecule has 5 heteroatoms. The third kappa shape index (κ3) is 6.44. The molecule has 0 aromatic heterocycles. The molecule has 0 atom stereocenters. The van der Waals surface area contributed by atoms with Gasteiger partial charge in [0, 0.05) is 49.3 Å². The summed E-state index contributed by atoms with van der Waals surface area (Å²) in [6, 6.07) is 19.5. The van der Waals surface area contributed by atoms with Crippen molar-refractivity contribution >= 4 is 35.6 Å². The minimum absolute atomic E-state index is 0.0150. The third-order valence-corrected chi connectivity index (χ3v) is 5.78. The highest BCUT2D eigenvalue weighted by molar-refractivity contribution is 7.99. The number of hydrogen-bond donors (Lipinski definition) is 0. The number of carbonyl (C=O) groups is 2. The SMILES string of the molecule is COCCSCCC(=O)N1C/C(=C\c2ccccc2)C(=O)/C(=C/c2ccccc2)C1. The Balaban J connectivity index is 1.79. The van der Waals surface area contributed by atoms with Gasteiger partial charge in [0.2, 0.25) is 5.91 Å². The van der Waals surface area contributed by atoms with Gasteiger partial charge in [-0.25, -0.2) is 0 Å². The van der Waals surface area contributed by atoms with E-state index in [4.69, 9.17) is 4.74 Å². The Morgan fingerprint density at radius 3 is 1.97 bits per heavy atom. The molecular weight excluding hydrogens is 394 g/mol. The van der Waals surface area contributed by atoms with Crippen molar-refractivity contribution in [2.45, 2.75) is 6.42 Å². The lowest BCUT2D eigenvalue weighted by Gasteiger charge is -2.30. The van der Waals surface area contributed by atoms with Crippen LogP contribution in [0.25, 0.3) is 12.2 Å². The summed E-state index contributed by atoms with van der Waals surface area (Å²) in [4.78, 5) is 27.8. The van der Waals surface area contributed by atoms with Crippen LogP contribution in [0.4, 0.5) is 0 Å². The van der Waals surface area contributed by atoms with Crippen LogP contribution in [0.3, 0.4) is 0 Å². The monoisotopic (exact) mass is 421 g/mol. The van der Waals surface area contributed by atoms with Crippen LogP contribution in [0.15, 0.2) is 71.8 Å². The van der Waals surface area contributed by atoms with Crippen LogP contribution < -0.4 is 0 Å². The Labute approximate surface area is 182 Å². The van der Waals surface area contributed by atoms with Crippen LogP contribution in [0.2, 0.25) is 0 Å². The smallest absolute Gasteiger partial charge is 0.224 e. The number of nitrogens with zero attached hydrogens (tertiary/aromatic N) is 1. The number of ketones is 1. The molecule has 0 N–H and O–H groups in total. The molecule has 1 aliphatic heterocycles. The van der Waals surface area contributed by atoms with Gasteiger partial charge in [0.25, 0.3) is 0 Å². The molecule has 1 saturated heterocycles. The van der Waals surface area contributed by atoms with Crippen LogP contribution >= 0.6 is 11.8 Å². The van der Waals surface area contributed by atoms with E-state index in [0.717, 1.165) is 22.6 Å². The lowest BCUT2D eigenvalue weighted by atomic mass is 9.94. The van der Waals surface area contributed by atoms with Gasteiger partial charge in [-0.15, -0.1) is 0 Å². The maximum Gasteiger partial charge on any atom is 0.224 e. The summed E-state index contributed by atoms with van der Waals surface area (Å²) in [7, 11) is 1.68. The molecule has 1 fully saturated rings. The first kappa shape index (κ1) is 22.1. The van der Waals surface area contributed by atoms with E-state index < -0.39 is 0 Å². The molecule has 0 aliphatic carbocycles. The second-order valence-electron chi connectivity index (χ2n) is 7.09. The minimum Gasteiger partial charge on any atom is -0.384 e. The maximum atomic E-state index is 13.1. The van der Waals surface area contributed by atoms with E-state index in [2.05, 4.69) is 0 Å². The molecule has 1 heterocycles. The molecule has 0 unspecified atom stereocenters. The van der Waals surface area contributed by atoms with Gasteiger partial charge < -0.3 is 9.64 Å². The van der Waals surface area contributed by atoms with Crippen LogP contribution in [-0.2, 0) is 14.3 Å². The minimum atomic E-state index is 0.0150. The predicted octanol–water partition coefficient (Wildman–Crippen LogP) is 4.33. The Bertz CT molecular complexity index is 845. The number of carbonyl (C=O) groups excluding carboxylic acids is 2. The van der Waals surface area contributed by atoms with E-state index in [1.54, 1.807) is 23.8 Å². The summed E-state index contributed by atoms with van der Waals surface area (Å²) in [5.41, 5.74) is 3.22. The molecule has 0 bridgehead atoms. The van der Waals surface area contributed by atoms with Crippen molar-refractivity contribution in [1.82, 2.24) is 4.90 Å². The van der Waals surface area contributed by atoms with E-state index in [1.165, 1.54) is 0 Å². The highest BCUT2D eigenvalue weighted by Gasteiger charge is 2.28. The van der Waals surface area contributed by atoms with Crippen molar-refractivity contribution in [3.05, 3.63) is 82.9 Å². The molecule has 2 aromatic rings. The van der Waals surface area contributed by atoms with E-state index in [0.29, 0.717) is 37.3 Å². The van der Waals surface area contributed by atoms with Gasteiger partial charge in [-0.05, 0) is 23.3 Å². The van der Waals surface area contributed by atoms with Crippen molar-refractivity contribution in [2.24, 2.45) is 0 Å². The van der Waals surface area contributed by atoms with Crippen LogP contribution in [0, 0.1) is 0 Å². The van der Waals surface area contributed by atoms with E-state index in [-0.39, 0.29) is 11.7 Å². The number of methoxy groups -OCH3 is 1. The second-order valence-corrected chi connectivity index (χ2v) is 8.32. The quantitative estimate of drug-likeness (QED) is 0.470. The lowest BCUT2D eigenvalue weighted by molar-refractivity contribution is -0.130. The number of hydrogen-bond acceptors (Lipinski definition) is 4. The largest absolute Gasteiger partial charge is 0.384 e. The third-order valence-electron chi connectivity index (χ3n) is 4.83. The van der Waals surface area contributed by atoms with Crippen LogP contribution in [0.5, 0.6) is 0 Å². The fraction of sp³-hybridized carbons (Fsp3) is 0.280. The molecule has 4 nitrogen and oxygen atoms in total. The molecule has 1 amide bonds. The topological polar surface area (TPSA) is 46.6 Å². The van der Waals surface area contributed by atoms with Crippen molar-refractivity contribution in [2.75, 3.05) is 38.3 Å². The molecule has 3 rings (SSSR count). The zero-order chi connectivity index (χ0) is 21.2. The molecule has 0 saturated carbocycles. The standard InChI is InChI=1S/C25H27NO3S/c1-29-13-15-30-14-12-24(27)26-18-22(16-20-8-4-2-5-9-20)25(28)23(19-26)17-21-10-6-3-7-11-21/h2-11,16-17H,12-15,18-19H2,1H3/b22-16+,23-17+. The highest BCUT2D eigenvalue weighted by Crippen LogP contribution is 2.23. The van der Waals surface area contributed by atoms with Crippen molar-refractivity contribution < 1.29 is 14.3 Å². The average Bonchev–Trinajstić information content (AvgIpc) is 2.77. The fourth-order valence-electron chi connectivity index (χ4n) is 3.28. The van der Waals surface area contributed by atoms with Gasteiger partial charge in [0.1, 0.15) is 0 Å². The number of ether oxygens (including phenoxy) is 1. The normalized spacial score (nSPS) is 17.0. The first-order chi connectivity index (χ1) is 14.7. The number of benzene rings is 2. The van der Waals surface area contributed by atoms with E-state index in [1.807, 2.05) is 72.8 Å². The summed E-state index contributed by atoms with van der Waals surface area (Å²) < 4.78 is 5.05. The second kappa shape index (κ2) is 11.5. The number of amides is 1. The van der Waals surface area contributed by atoms with Gasteiger partial charge in [-0.2, -0.15) is 11.8 Å². The number of rotatable bonds is 8. The van der Waals surface area contributed by atoms with E-state index in [9.17, 15) is 9.59 Å². The van der Waals surface area contributed by atoms with Gasteiger partial charge in [0.05, 0.1) is 6.61 Å². The summed E-state index contributed by atoms with van der Waals surface area (Å²) in [6.07, 6.45) is 4.25. The molecule has 30 heavy (non-hydrogen) atoms. The first-order valence-electron chi connectivity index (χ1n) is 10.1. The molecular formula is C25H27NO3S. The summed E-state index contributed by atoms with van der Waals surface area (Å²) in [5.74, 6) is 1.72. The molecule has 0 spiro atoms. The van der Waals surface area contributed by atoms with Crippen LogP contribution in [0.1, 0.15) is 17.5 Å². The van der Waals surface area contributed by atoms with Crippen molar-refractivity contribution in [1.29, 1.82) is 0 Å². The summed E-state index contributed by atoms with van der Waals surface area (Å²) >= 11 is 1.71. The zero-order valence-corrected chi connectivity index (χ0v) is 18.1. The Hall–Kier alpha value is -2.63. The van der Waals surface area contributed by atoms with Gasteiger partial charge in [0.15, 0.2) is 5.78 Å². The maximum absolute atomic E-state index is 13.1. The Morgan fingerprint density at radius 2 is 1.47 bits per heavy atom. The summed E-state index contributed by atoms with van der Waals surface area (Å²) in [6.45, 7) is 1.38. The highest BCUT2D eigenvalue weighted by atomic mass is 32.2. The van der Waals surface area contributed by atoms with Gasteiger partial charge in [-0.1, -0.05) is 60.7 Å². The fourth-order valence-corrected chi connectivity index (χ4v) is 4.09. The molecule has 1 aliphatic rings.